The molecule has 6 heteroatoms. The zero-order valence-corrected chi connectivity index (χ0v) is 16.1. The van der Waals surface area contributed by atoms with Crippen molar-refractivity contribution in [2.75, 3.05) is 6.16 Å². The molecule has 0 amide bonds. The van der Waals surface area contributed by atoms with Crippen LogP contribution in [0.1, 0.15) is 91.4 Å². The summed E-state index contributed by atoms with van der Waals surface area (Å²) >= 11 is 0. The Kier molecular flexibility index (Phi) is 17.8. The van der Waals surface area contributed by atoms with Crippen molar-refractivity contribution in [1.82, 2.24) is 0 Å². The molecule has 23 heavy (non-hydrogen) atoms. The van der Waals surface area contributed by atoms with Crippen molar-refractivity contribution in [1.29, 1.82) is 0 Å². The van der Waals surface area contributed by atoms with Gasteiger partial charge in [-0.3, -0.25) is 9.36 Å². The van der Waals surface area contributed by atoms with Gasteiger partial charge in [0.1, 0.15) is 0 Å². The van der Waals surface area contributed by atoms with Gasteiger partial charge >= 0.3 is 13.6 Å². The number of unbranched alkanes of at least 4 members (excludes halogenated alkanes) is 8. The SMILES string of the molecule is CCCCCCC(C)C(=O)O.CCCCCCCCP(=O)(O)O. The van der Waals surface area contributed by atoms with Gasteiger partial charge in [-0.1, -0.05) is 78.6 Å². The zero-order chi connectivity index (χ0) is 18.1. The molecule has 0 fully saturated rings. The maximum atomic E-state index is 10.4. The maximum absolute atomic E-state index is 10.4. The minimum atomic E-state index is -3.72. The summed E-state index contributed by atoms with van der Waals surface area (Å²) in [6.45, 7) is 6.07. The number of aliphatic carboxylic acids is 1. The molecule has 0 aromatic rings. The van der Waals surface area contributed by atoms with Crippen molar-refractivity contribution in [3.8, 4) is 0 Å². The Labute approximate surface area is 142 Å². The fourth-order valence-electron chi connectivity index (χ4n) is 2.10. The Bertz CT molecular complexity index is 314. The molecule has 0 bridgehead atoms. The Balaban J connectivity index is 0. The Morgan fingerprint density at radius 1 is 0.870 bits per heavy atom. The van der Waals surface area contributed by atoms with Crippen molar-refractivity contribution in [2.45, 2.75) is 91.4 Å². The van der Waals surface area contributed by atoms with Crippen LogP contribution in [-0.4, -0.2) is 27.0 Å². The third-order valence-corrected chi connectivity index (χ3v) is 4.61. The Morgan fingerprint density at radius 2 is 1.30 bits per heavy atom. The Morgan fingerprint density at radius 3 is 1.74 bits per heavy atom. The van der Waals surface area contributed by atoms with Gasteiger partial charge in [-0.15, -0.1) is 0 Å². The van der Waals surface area contributed by atoms with Crippen molar-refractivity contribution >= 4 is 13.6 Å². The van der Waals surface area contributed by atoms with Gasteiger partial charge in [-0.2, -0.15) is 0 Å². The summed E-state index contributed by atoms with van der Waals surface area (Å²) in [4.78, 5) is 27.4. The number of carboxylic acids is 1. The molecule has 0 saturated carbocycles. The number of carboxylic acid groups (broad SMARTS) is 1. The van der Waals surface area contributed by atoms with Crippen LogP contribution in [0.4, 0.5) is 0 Å². The molecule has 0 aliphatic heterocycles. The summed E-state index contributed by atoms with van der Waals surface area (Å²) in [5.74, 6) is -0.826. The monoisotopic (exact) mass is 352 g/mol. The third kappa shape index (κ3) is 24.0. The van der Waals surface area contributed by atoms with Crippen molar-refractivity contribution in [3.05, 3.63) is 0 Å². The van der Waals surface area contributed by atoms with Gasteiger partial charge in [0.15, 0.2) is 0 Å². The quantitative estimate of drug-likeness (QED) is 0.313. The van der Waals surface area contributed by atoms with Crippen molar-refractivity contribution < 1.29 is 24.3 Å². The summed E-state index contributed by atoms with van der Waals surface area (Å²) in [5.41, 5.74) is 0. The van der Waals surface area contributed by atoms with E-state index < -0.39 is 13.6 Å². The number of hydrogen-bond acceptors (Lipinski definition) is 2. The lowest BCUT2D eigenvalue weighted by molar-refractivity contribution is -0.141. The van der Waals surface area contributed by atoms with Gasteiger partial charge in [-0.25, -0.2) is 0 Å². The molecular weight excluding hydrogens is 315 g/mol. The van der Waals surface area contributed by atoms with E-state index in [1.165, 1.54) is 38.5 Å². The molecule has 0 aromatic heterocycles. The van der Waals surface area contributed by atoms with E-state index in [0.29, 0.717) is 6.42 Å². The van der Waals surface area contributed by atoms with E-state index in [1.54, 1.807) is 6.92 Å². The van der Waals surface area contributed by atoms with Crippen LogP contribution in [0.5, 0.6) is 0 Å². The van der Waals surface area contributed by atoms with Crippen LogP contribution in [0, 0.1) is 5.92 Å². The van der Waals surface area contributed by atoms with Crippen LogP contribution in [0.3, 0.4) is 0 Å². The average Bonchev–Trinajstić information content (AvgIpc) is 2.46. The second-order valence-electron chi connectivity index (χ2n) is 6.24. The summed E-state index contributed by atoms with van der Waals surface area (Å²) < 4.78 is 10.4. The van der Waals surface area contributed by atoms with E-state index in [4.69, 9.17) is 14.9 Å². The molecule has 5 nitrogen and oxygen atoms in total. The molecule has 0 aliphatic carbocycles. The fourth-order valence-corrected chi connectivity index (χ4v) is 2.73. The molecule has 0 rings (SSSR count). The fraction of sp³-hybridized carbons (Fsp3) is 0.941. The lowest BCUT2D eigenvalue weighted by Gasteiger charge is -2.04. The highest BCUT2D eigenvalue weighted by Crippen LogP contribution is 2.35. The minimum Gasteiger partial charge on any atom is -0.481 e. The van der Waals surface area contributed by atoms with Gasteiger partial charge in [-0.05, 0) is 12.8 Å². The minimum absolute atomic E-state index is 0.0547. The second-order valence-corrected chi connectivity index (χ2v) is 8.02. The second kappa shape index (κ2) is 16.5. The standard InChI is InChI=1S/C9H18O2.C8H19O3P/c1-3-4-5-6-7-8(2)9(10)11;1-2-3-4-5-6-7-8-12(9,10)11/h8H,3-7H2,1-2H3,(H,10,11);2-8H2,1H3,(H2,9,10,11). The summed E-state index contributed by atoms with van der Waals surface area (Å²) in [5, 5.41) is 8.54. The molecule has 0 heterocycles. The third-order valence-electron chi connectivity index (χ3n) is 3.72. The number of rotatable bonds is 13. The van der Waals surface area contributed by atoms with Crippen LogP contribution in [-0.2, 0) is 9.36 Å². The molecule has 140 valence electrons. The first kappa shape index (κ1) is 24.9. The van der Waals surface area contributed by atoms with E-state index in [2.05, 4.69) is 13.8 Å². The zero-order valence-electron chi connectivity index (χ0n) is 15.2. The van der Waals surface area contributed by atoms with E-state index in [9.17, 15) is 9.36 Å². The van der Waals surface area contributed by atoms with Crippen LogP contribution in [0.15, 0.2) is 0 Å². The van der Waals surface area contributed by atoms with Gasteiger partial charge in [0.05, 0.1) is 5.92 Å². The van der Waals surface area contributed by atoms with Gasteiger partial charge in [0, 0.05) is 6.16 Å². The smallest absolute Gasteiger partial charge is 0.325 e. The van der Waals surface area contributed by atoms with Crippen molar-refractivity contribution in [3.63, 3.8) is 0 Å². The van der Waals surface area contributed by atoms with E-state index >= 15 is 0 Å². The normalized spacial score (nSPS) is 12.4. The molecule has 0 spiro atoms. The molecule has 0 saturated heterocycles. The Hall–Kier alpha value is -0.380. The van der Waals surface area contributed by atoms with Gasteiger partial charge < -0.3 is 14.9 Å². The average molecular weight is 352 g/mol. The molecule has 0 aliphatic rings. The molecule has 0 aromatic carbocycles. The van der Waals surface area contributed by atoms with E-state index in [-0.39, 0.29) is 12.1 Å². The highest BCUT2D eigenvalue weighted by atomic mass is 31.2. The van der Waals surface area contributed by atoms with Crippen molar-refractivity contribution in [2.24, 2.45) is 5.92 Å². The maximum Gasteiger partial charge on any atom is 0.325 e. The first-order chi connectivity index (χ1) is 10.7. The largest absolute Gasteiger partial charge is 0.481 e. The van der Waals surface area contributed by atoms with Crippen LogP contribution < -0.4 is 0 Å². The first-order valence-corrected chi connectivity index (χ1v) is 10.8. The van der Waals surface area contributed by atoms with Crippen LogP contribution in [0.2, 0.25) is 0 Å². The molecule has 1 unspecified atom stereocenters. The lowest BCUT2D eigenvalue weighted by Crippen LogP contribution is -2.08. The summed E-state index contributed by atoms with van der Waals surface area (Å²) in [6, 6.07) is 0. The van der Waals surface area contributed by atoms with Gasteiger partial charge in [0.2, 0.25) is 0 Å². The molecule has 0 radical (unpaired) electrons. The molecule has 1 atom stereocenters. The predicted molar refractivity (Wildman–Crippen MR) is 95.8 cm³/mol. The van der Waals surface area contributed by atoms with E-state index in [0.717, 1.165) is 25.7 Å². The van der Waals surface area contributed by atoms with E-state index in [1.807, 2.05) is 0 Å². The number of hydrogen-bond donors (Lipinski definition) is 3. The topological polar surface area (TPSA) is 94.8 Å². The lowest BCUT2D eigenvalue weighted by atomic mass is 10.0. The summed E-state index contributed by atoms with van der Waals surface area (Å²) in [7, 11) is -3.72. The van der Waals surface area contributed by atoms with Gasteiger partial charge in [0.25, 0.3) is 0 Å². The molecular formula is C17H37O5P. The van der Waals surface area contributed by atoms with Crippen LogP contribution in [0.25, 0.3) is 0 Å². The highest BCUT2D eigenvalue weighted by molar-refractivity contribution is 7.51. The number of carbonyl (C=O) groups is 1. The first-order valence-electron chi connectivity index (χ1n) is 9.02. The summed E-state index contributed by atoms with van der Waals surface area (Å²) in [6.07, 6.45) is 11.9. The molecule has 3 N–H and O–H groups in total. The predicted octanol–water partition coefficient (Wildman–Crippen LogP) is 5.20. The van der Waals surface area contributed by atoms with Crippen LogP contribution >= 0.6 is 7.60 Å². The highest BCUT2D eigenvalue weighted by Gasteiger charge is 2.10.